The number of nitrogens with zero attached hydrogens (tertiary/aromatic N) is 5. The number of carbonyl (C=O) groups excluding carboxylic acids is 1. The smallest absolute Gasteiger partial charge is 0.410 e. The number of carbonyl (C=O) groups is 1. The zero-order valence-corrected chi connectivity index (χ0v) is 22.2. The zero-order valence-electron chi connectivity index (χ0n) is 19.9. The predicted octanol–water partition coefficient (Wildman–Crippen LogP) is 5.54. The molecule has 1 aliphatic heterocycles. The van der Waals surface area contributed by atoms with Crippen LogP contribution < -0.4 is 0 Å². The number of hydrogen-bond donors (Lipinski definition) is 0. The van der Waals surface area contributed by atoms with Gasteiger partial charge in [0.15, 0.2) is 0 Å². The first-order valence-electron chi connectivity index (χ1n) is 11.5. The molecule has 5 rings (SSSR count). The average Bonchev–Trinajstić information content (AvgIpc) is 3.41. The molecule has 0 N–H and O–H groups in total. The number of halogens is 2. The van der Waals surface area contributed by atoms with Crippen molar-refractivity contribution in [3.63, 3.8) is 0 Å². The van der Waals surface area contributed by atoms with Gasteiger partial charge in [-0.1, -0.05) is 27.5 Å². The molecule has 0 spiro atoms. The highest BCUT2D eigenvalue weighted by atomic mass is 79.9. The molecule has 0 saturated carbocycles. The number of hydrogen-bond acceptors (Lipinski definition) is 5. The van der Waals surface area contributed by atoms with Crippen molar-refractivity contribution in [3.05, 3.63) is 53.6 Å². The van der Waals surface area contributed by atoms with Gasteiger partial charge in [0.1, 0.15) is 11.9 Å². The Hall–Kier alpha value is -2.62. The summed E-state index contributed by atoms with van der Waals surface area (Å²) in [6, 6.07) is 8.01. The molecule has 0 unspecified atom stereocenters. The second-order valence-electron chi connectivity index (χ2n) is 9.70. The van der Waals surface area contributed by atoms with E-state index in [1.54, 1.807) is 11.2 Å². The maximum atomic E-state index is 12.6. The second-order valence-corrected chi connectivity index (χ2v) is 10.7. The molecule has 0 bridgehead atoms. The number of ether oxygens (including phenoxy) is 2. The van der Waals surface area contributed by atoms with Gasteiger partial charge in [-0.2, -0.15) is 5.10 Å². The molecule has 4 heterocycles. The van der Waals surface area contributed by atoms with E-state index in [2.05, 4.69) is 36.6 Å². The van der Waals surface area contributed by atoms with Crippen LogP contribution in [-0.2, 0) is 21.3 Å². The van der Waals surface area contributed by atoms with Crippen LogP contribution in [0.5, 0.6) is 0 Å². The normalized spacial score (nSPS) is 16.8. The Kier molecular flexibility index (Phi) is 6.50. The summed E-state index contributed by atoms with van der Waals surface area (Å²) in [5.41, 5.74) is 4.21. The maximum absolute atomic E-state index is 12.6. The monoisotopic (exact) mass is 559 g/mol. The van der Waals surface area contributed by atoms with Crippen LogP contribution in [0.3, 0.4) is 0 Å². The van der Waals surface area contributed by atoms with Crippen LogP contribution in [0, 0.1) is 0 Å². The minimum Gasteiger partial charge on any atom is -0.444 e. The van der Waals surface area contributed by atoms with Gasteiger partial charge in [-0.25, -0.2) is 14.3 Å². The third kappa shape index (κ3) is 5.03. The molecule has 4 aromatic rings. The molecule has 1 aromatic carbocycles. The zero-order chi connectivity index (χ0) is 24.7. The quantitative estimate of drug-likeness (QED) is 0.307. The molecule has 1 aliphatic rings. The molecule has 35 heavy (non-hydrogen) atoms. The van der Waals surface area contributed by atoms with Crippen molar-refractivity contribution < 1.29 is 14.3 Å². The van der Waals surface area contributed by atoms with Crippen LogP contribution in [0.4, 0.5) is 4.79 Å². The van der Waals surface area contributed by atoms with E-state index in [1.807, 2.05) is 55.9 Å². The standard InChI is InChI=1S/C25H27BrClN5O3/c1-25(2,3)35-24(33)31-6-7-34-19(14-31)13-30-5-4-17-9-18(27)10-20(23(17)30)22-21-8-16(11-26)12-32(21)29-15-28-22/h4-5,8-10,12,15,19H,6-7,11,13-14H2,1-3H3/t19-/m1/s1. The number of aromatic nitrogens is 4. The minimum atomic E-state index is -0.536. The summed E-state index contributed by atoms with van der Waals surface area (Å²) in [6.07, 6.45) is 5.09. The van der Waals surface area contributed by atoms with Gasteiger partial charge in [0.2, 0.25) is 0 Å². The van der Waals surface area contributed by atoms with Gasteiger partial charge in [0.05, 0.1) is 42.5 Å². The fourth-order valence-electron chi connectivity index (χ4n) is 4.45. The number of amides is 1. The Balaban J connectivity index is 1.49. The van der Waals surface area contributed by atoms with Crippen molar-refractivity contribution in [1.29, 1.82) is 0 Å². The van der Waals surface area contributed by atoms with Crippen LogP contribution in [0.25, 0.3) is 27.7 Å². The summed E-state index contributed by atoms with van der Waals surface area (Å²) in [7, 11) is 0. The first-order chi connectivity index (χ1) is 16.7. The van der Waals surface area contributed by atoms with Crippen LogP contribution in [0.2, 0.25) is 5.02 Å². The molecule has 1 fully saturated rings. The van der Waals surface area contributed by atoms with E-state index in [1.165, 1.54) is 0 Å². The van der Waals surface area contributed by atoms with Crippen molar-refractivity contribution in [1.82, 2.24) is 24.1 Å². The number of fused-ring (bicyclic) bond motifs is 2. The lowest BCUT2D eigenvalue weighted by Gasteiger charge is -2.34. The van der Waals surface area contributed by atoms with Crippen molar-refractivity contribution >= 4 is 50.0 Å². The summed E-state index contributed by atoms with van der Waals surface area (Å²) in [6.45, 7) is 7.64. The van der Waals surface area contributed by atoms with Crippen molar-refractivity contribution in [2.24, 2.45) is 0 Å². The van der Waals surface area contributed by atoms with E-state index in [0.717, 1.165) is 38.6 Å². The lowest BCUT2D eigenvalue weighted by molar-refractivity contribution is -0.0469. The highest BCUT2D eigenvalue weighted by Gasteiger charge is 2.29. The minimum absolute atomic E-state index is 0.172. The van der Waals surface area contributed by atoms with Crippen LogP contribution >= 0.6 is 27.5 Å². The average molecular weight is 561 g/mol. The van der Waals surface area contributed by atoms with Gasteiger partial charge in [-0.3, -0.25) is 0 Å². The molecule has 1 atom stereocenters. The fourth-order valence-corrected chi connectivity index (χ4v) is 4.98. The van der Waals surface area contributed by atoms with Gasteiger partial charge in [0.25, 0.3) is 0 Å². The van der Waals surface area contributed by atoms with Crippen LogP contribution in [0.15, 0.2) is 43.0 Å². The number of morpholine rings is 1. The topological polar surface area (TPSA) is 73.9 Å². The SMILES string of the molecule is CC(C)(C)OC(=O)N1CCO[C@H](Cn2ccc3cc(Cl)cc(-c4ncnn5cc(CBr)cc45)c32)C1. The lowest BCUT2D eigenvalue weighted by atomic mass is 10.1. The fraction of sp³-hybridized carbons (Fsp3) is 0.400. The first kappa shape index (κ1) is 24.1. The van der Waals surface area contributed by atoms with Gasteiger partial charge in [-0.15, -0.1) is 0 Å². The van der Waals surface area contributed by atoms with E-state index < -0.39 is 5.60 Å². The number of benzene rings is 1. The van der Waals surface area contributed by atoms with Gasteiger partial charge >= 0.3 is 6.09 Å². The Morgan fingerprint density at radius 3 is 2.91 bits per heavy atom. The molecule has 1 saturated heterocycles. The third-order valence-corrected chi connectivity index (χ3v) is 6.75. The Morgan fingerprint density at radius 2 is 2.14 bits per heavy atom. The molecule has 0 aliphatic carbocycles. The second kappa shape index (κ2) is 9.44. The highest BCUT2D eigenvalue weighted by molar-refractivity contribution is 9.08. The van der Waals surface area contributed by atoms with E-state index in [9.17, 15) is 4.79 Å². The van der Waals surface area contributed by atoms with E-state index in [0.29, 0.717) is 31.3 Å². The summed E-state index contributed by atoms with van der Waals surface area (Å²) < 4.78 is 15.6. The largest absolute Gasteiger partial charge is 0.444 e. The molecular weight excluding hydrogens is 534 g/mol. The Bertz CT molecular complexity index is 1390. The predicted molar refractivity (Wildman–Crippen MR) is 139 cm³/mol. The van der Waals surface area contributed by atoms with Gasteiger partial charge < -0.3 is 18.9 Å². The molecule has 1 amide bonds. The highest BCUT2D eigenvalue weighted by Crippen LogP contribution is 2.34. The van der Waals surface area contributed by atoms with E-state index in [-0.39, 0.29) is 12.2 Å². The number of alkyl halides is 1. The Labute approximate surface area is 216 Å². The van der Waals surface area contributed by atoms with Gasteiger partial charge in [-0.05, 0) is 50.6 Å². The lowest BCUT2D eigenvalue weighted by Crippen LogP contribution is -2.48. The summed E-state index contributed by atoms with van der Waals surface area (Å²) in [5, 5.41) is 6.74. The summed E-state index contributed by atoms with van der Waals surface area (Å²) in [5.74, 6) is 0. The van der Waals surface area contributed by atoms with Crippen molar-refractivity contribution in [2.45, 2.75) is 44.4 Å². The summed E-state index contributed by atoms with van der Waals surface area (Å²) in [4.78, 5) is 19.0. The molecule has 0 radical (unpaired) electrons. The molecule has 3 aromatic heterocycles. The third-order valence-electron chi connectivity index (χ3n) is 5.89. The van der Waals surface area contributed by atoms with Crippen molar-refractivity contribution in [3.8, 4) is 11.3 Å². The summed E-state index contributed by atoms with van der Waals surface area (Å²) >= 11 is 10.0. The molecular formula is C25H27BrClN5O3. The van der Waals surface area contributed by atoms with Crippen LogP contribution in [-0.4, -0.2) is 61.6 Å². The van der Waals surface area contributed by atoms with E-state index in [4.69, 9.17) is 21.1 Å². The first-order valence-corrected chi connectivity index (χ1v) is 13.0. The van der Waals surface area contributed by atoms with Crippen molar-refractivity contribution in [2.75, 3.05) is 19.7 Å². The molecule has 10 heteroatoms. The molecule has 184 valence electrons. The Morgan fingerprint density at radius 1 is 1.31 bits per heavy atom. The molecule has 8 nitrogen and oxygen atoms in total. The van der Waals surface area contributed by atoms with Gasteiger partial charge in [0, 0.05) is 40.2 Å². The van der Waals surface area contributed by atoms with E-state index >= 15 is 0 Å². The van der Waals surface area contributed by atoms with Crippen LogP contribution in [0.1, 0.15) is 26.3 Å². The number of rotatable bonds is 4. The maximum Gasteiger partial charge on any atom is 0.410 e.